The molecule has 1 heterocycles. The second kappa shape index (κ2) is 8.53. The van der Waals surface area contributed by atoms with Gasteiger partial charge in [0.2, 0.25) is 5.91 Å². The molecule has 1 aromatic carbocycles. The van der Waals surface area contributed by atoms with Crippen molar-refractivity contribution in [3.63, 3.8) is 0 Å². The van der Waals surface area contributed by atoms with Crippen LogP contribution in [0.4, 0.5) is 4.39 Å². The van der Waals surface area contributed by atoms with E-state index < -0.39 is 0 Å². The van der Waals surface area contributed by atoms with E-state index in [4.69, 9.17) is 4.74 Å². The molecule has 1 aromatic rings. The summed E-state index contributed by atoms with van der Waals surface area (Å²) in [5.41, 5.74) is 0.518. The minimum atomic E-state index is -0.280. The largest absolute Gasteiger partial charge is 0.496 e. The number of hydrogen-bond donors (Lipinski definition) is 2. The summed E-state index contributed by atoms with van der Waals surface area (Å²) in [7, 11) is 1.52. The maximum Gasteiger partial charge on any atom is 0.220 e. The van der Waals surface area contributed by atoms with Crippen molar-refractivity contribution in [2.24, 2.45) is 0 Å². The first-order valence-electron chi connectivity index (χ1n) is 7.02. The molecule has 2 rings (SSSR count). The van der Waals surface area contributed by atoms with Crippen molar-refractivity contribution in [2.75, 3.05) is 13.7 Å². The highest BCUT2D eigenvalue weighted by Gasteiger charge is 2.20. The quantitative estimate of drug-likeness (QED) is 0.870. The summed E-state index contributed by atoms with van der Waals surface area (Å²) in [5, 5.41) is 6.00. The molecule has 1 amide bonds. The Labute approximate surface area is 119 Å². The molecule has 0 aliphatic carbocycles. The lowest BCUT2D eigenvalue weighted by molar-refractivity contribution is -0.119. The van der Waals surface area contributed by atoms with Gasteiger partial charge in [-0.1, -0.05) is 19.9 Å². The molecule has 2 N–H and O–H groups in total. The SMILES string of the molecule is CC.COc1cccc(F)c1CNCC1CCC(=O)N1. The lowest BCUT2D eigenvalue weighted by Crippen LogP contribution is -2.35. The highest BCUT2D eigenvalue weighted by atomic mass is 19.1. The lowest BCUT2D eigenvalue weighted by Gasteiger charge is -2.13. The van der Waals surface area contributed by atoms with Gasteiger partial charge in [-0.05, 0) is 18.6 Å². The number of halogens is 1. The monoisotopic (exact) mass is 282 g/mol. The van der Waals surface area contributed by atoms with E-state index in [-0.39, 0.29) is 17.8 Å². The first-order chi connectivity index (χ1) is 9.70. The van der Waals surface area contributed by atoms with Crippen LogP contribution < -0.4 is 15.4 Å². The van der Waals surface area contributed by atoms with Gasteiger partial charge in [-0.3, -0.25) is 4.79 Å². The van der Waals surface area contributed by atoms with Crippen molar-refractivity contribution >= 4 is 5.91 Å². The second-order valence-corrected chi connectivity index (χ2v) is 4.35. The van der Waals surface area contributed by atoms with Gasteiger partial charge in [0.05, 0.1) is 7.11 Å². The number of benzene rings is 1. The molecule has 0 radical (unpaired) electrons. The number of ether oxygens (including phenoxy) is 1. The predicted molar refractivity (Wildman–Crippen MR) is 77.2 cm³/mol. The van der Waals surface area contributed by atoms with Gasteiger partial charge in [0.1, 0.15) is 11.6 Å². The molecule has 1 fully saturated rings. The van der Waals surface area contributed by atoms with Crippen LogP contribution in [0.2, 0.25) is 0 Å². The summed E-state index contributed by atoms with van der Waals surface area (Å²) >= 11 is 0. The smallest absolute Gasteiger partial charge is 0.220 e. The van der Waals surface area contributed by atoms with Crippen LogP contribution in [0, 0.1) is 5.82 Å². The number of rotatable bonds is 5. The van der Waals surface area contributed by atoms with Gasteiger partial charge in [-0.25, -0.2) is 4.39 Å². The van der Waals surface area contributed by atoms with Crippen LogP contribution in [0.5, 0.6) is 5.75 Å². The summed E-state index contributed by atoms with van der Waals surface area (Å²) in [6.45, 7) is 5.03. The molecule has 4 nitrogen and oxygen atoms in total. The van der Waals surface area contributed by atoms with Crippen molar-refractivity contribution in [1.82, 2.24) is 10.6 Å². The Kier molecular flexibility index (Phi) is 7.01. The zero-order valence-electron chi connectivity index (χ0n) is 12.3. The van der Waals surface area contributed by atoms with E-state index in [0.717, 1.165) is 6.42 Å². The molecule has 0 spiro atoms. The van der Waals surface area contributed by atoms with Gasteiger partial charge in [0.15, 0.2) is 0 Å². The van der Waals surface area contributed by atoms with E-state index in [9.17, 15) is 9.18 Å². The molecule has 0 aromatic heterocycles. The minimum Gasteiger partial charge on any atom is -0.496 e. The van der Waals surface area contributed by atoms with Gasteiger partial charge in [0.25, 0.3) is 0 Å². The summed E-state index contributed by atoms with van der Waals surface area (Å²) in [5.74, 6) is 0.348. The van der Waals surface area contributed by atoms with Crippen LogP contribution in [-0.2, 0) is 11.3 Å². The zero-order valence-corrected chi connectivity index (χ0v) is 12.3. The molecular weight excluding hydrogens is 259 g/mol. The highest BCUT2D eigenvalue weighted by molar-refractivity contribution is 5.78. The van der Waals surface area contributed by atoms with Crippen LogP contribution in [-0.4, -0.2) is 25.6 Å². The average molecular weight is 282 g/mol. The van der Waals surface area contributed by atoms with Crippen molar-refractivity contribution in [2.45, 2.75) is 39.3 Å². The van der Waals surface area contributed by atoms with Crippen molar-refractivity contribution < 1.29 is 13.9 Å². The van der Waals surface area contributed by atoms with E-state index in [1.807, 2.05) is 13.8 Å². The topological polar surface area (TPSA) is 50.4 Å². The molecule has 1 aliphatic heterocycles. The number of hydrogen-bond acceptors (Lipinski definition) is 3. The number of nitrogens with one attached hydrogen (secondary N) is 2. The van der Waals surface area contributed by atoms with Gasteiger partial charge in [-0.2, -0.15) is 0 Å². The fraction of sp³-hybridized carbons (Fsp3) is 0.533. The molecule has 1 atom stereocenters. The fourth-order valence-corrected chi connectivity index (χ4v) is 2.10. The van der Waals surface area contributed by atoms with Gasteiger partial charge >= 0.3 is 0 Å². The standard InChI is InChI=1S/C13H17FN2O2.C2H6/c1-18-12-4-2-3-11(14)10(12)8-15-7-9-5-6-13(17)16-9;1-2/h2-4,9,15H,5-8H2,1H3,(H,16,17);1-2H3. The van der Waals surface area contributed by atoms with E-state index >= 15 is 0 Å². The summed E-state index contributed by atoms with van der Waals surface area (Å²) < 4.78 is 18.7. The second-order valence-electron chi connectivity index (χ2n) is 4.35. The van der Waals surface area contributed by atoms with Crippen LogP contribution in [0.3, 0.4) is 0 Å². The molecule has 20 heavy (non-hydrogen) atoms. The average Bonchev–Trinajstić information content (AvgIpc) is 2.88. The maximum absolute atomic E-state index is 13.6. The Hall–Kier alpha value is -1.62. The number of amides is 1. The molecule has 0 bridgehead atoms. The Balaban J connectivity index is 0.000000956. The maximum atomic E-state index is 13.6. The molecule has 0 saturated carbocycles. The van der Waals surface area contributed by atoms with Crippen molar-refractivity contribution in [3.05, 3.63) is 29.6 Å². The van der Waals surface area contributed by atoms with Gasteiger partial charge in [-0.15, -0.1) is 0 Å². The van der Waals surface area contributed by atoms with E-state index in [1.165, 1.54) is 13.2 Å². The molecular formula is C15H23FN2O2. The van der Waals surface area contributed by atoms with E-state index in [0.29, 0.717) is 30.8 Å². The lowest BCUT2D eigenvalue weighted by atomic mass is 10.1. The zero-order chi connectivity index (χ0) is 15.0. The fourth-order valence-electron chi connectivity index (χ4n) is 2.10. The normalized spacial score (nSPS) is 17.2. The van der Waals surface area contributed by atoms with Crippen molar-refractivity contribution in [3.8, 4) is 5.75 Å². The third-order valence-corrected chi connectivity index (χ3v) is 3.07. The molecule has 5 heteroatoms. The molecule has 1 unspecified atom stereocenters. The minimum absolute atomic E-state index is 0.0882. The van der Waals surface area contributed by atoms with Crippen LogP contribution in [0.1, 0.15) is 32.3 Å². The Bertz CT molecular complexity index is 438. The van der Waals surface area contributed by atoms with Crippen LogP contribution >= 0.6 is 0 Å². The Morgan fingerprint density at radius 3 is 2.80 bits per heavy atom. The van der Waals surface area contributed by atoms with Crippen molar-refractivity contribution in [1.29, 1.82) is 0 Å². The summed E-state index contributed by atoms with van der Waals surface area (Å²) in [4.78, 5) is 11.0. The first kappa shape index (κ1) is 16.4. The summed E-state index contributed by atoms with van der Waals surface area (Å²) in [6.07, 6.45) is 1.41. The molecule has 112 valence electrons. The highest BCUT2D eigenvalue weighted by Crippen LogP contribution is 2.20. The third kappa shape index (κ3) is 4.49. The third-order valence-electron chi connectivity index (χ3n) is 3.07. The van der Waals surface area contributed by atoms with Crippen LogP contribution in [0.15, 0.2) is 18.2 Å². The van der Waals surface area contributed by atoms with Gasteiger partial charge in [0, 0.05) is 31.1 Å². The Morgan fingerprint density at radius 2 is 2.20 bits per heavy atom. The number of carbonyl (C=O) groups is 1. The Morgan fingerprint density at radius 1 is 1.45 bits per heavy atom. The molecule has 1 saturated heterocycles. The predicted octanol–water partition coefficient (Wildman–Crippen LogP) is 2.23. The first-order valence-corrected chi connectivity index (χ1v) is 7.02. The van der Waals surface area contributed by atoms with Gasteiger partial charge < -0.3 is 15.4 Å². The molecule has 1 aliphatic rings. The van der Waals surface area contributed by atoms with E-state index in [1.54, 1.807) is 12.1 Å². The van der Waals surface area contributed by atoms with E-state index in [2.05, 4.69) is 10.6 Å². The number of carbonyl (C=O) groups excluding carboxylic acids is 1. The summed E-state index contributed by atoms with van der Waals surface area (Å²) in [6, 6.07) is 4.92. The number of methoxy groups -OCH3 is 1. The van der Waals surface area contributed by atoms with Crippen LogP contribution in [0.25, 0.3) is 0 Å².